The highest BCUT2D eigenvalue weighted by Crippen LogP contribution is 2.28. The summed E-state index contributed by atoms with van der Waals surface area (Å²) in [5.41, 5.74) is 4.30. The lowest BCUT2D eigenvalue weighted by Crippen LogP contribution is -2.38. The van der Waals surface area contributed by atoms with E-state index in [1.807, 2.05) is 0 Å². The number of carbonyl (C=O) groups is 1. The molecule has 0 aromatic carbocycles. The summed E-state index contributed by atoms with van der Waals surface area (Å²) in [5, 5.41) is 30.2. The molecule has 25 heavy (non-hydrogen) atoms. The molecule has 2 rings (SSSR count). The second kappa shape index (κ2) is 6.95. The van der Waals surface area contributed by atoms with Crippen molar-refractivity contribution in [3.63, 3.8) is 0 Å². The topological polar surface area (TPSA) is 160 Å². The quantitative estimate of drug-likeness (QED) is 0.394. The van der Waals surface area contributed by atoms with Gasteiger partial charge in [0.1, 0.15) is 24.1 Å². The molecule has 1 aromatic rings. The molecule has 1 aromatic heterocycles. The maximum Gasteiger partial charge on any atom is 0.471 e. The average molecular weight is 368 g/mol. The van der Waals surface area contributed by atoms with Crippen LogP contribution in [0.3, 0.4) is 0 Å². The van der Waals surface area contributed by atoms with E-state index in [-0.39, 0.29) is 5.56 Å². The van der Waals surface area contributed by atoms with Gasteiger partial charge >= 0.3 is 17.8 Å². The van der Waals surface area contributed by atoms with Gasteiger partial charge in [-0.2, -0.15) is 18.2 Å². The Morgan fingerprint density at radius 1 is 1.40 bits per heavy atom. The highest BCUT2D eigenvalue weighted by Gasteiger charge is 2.44. The number of nitrogen functional groups attached to an aromatic ring is 1. The third kappa shape index (κ3) is 3.89. The van der Waals surface area contributed by atoms with E-state index in [0.717, 1.165) is 6.20 Å². The summed E-state index contributed by atoms with van der Waals surface area (Å²) in [7, 11) is 0. The number of hydrogen-bond donors (Lipinski definition) is 5. The summed E-state index contributed by atoms with van der Waals surface area (Å²) in [5.74, 6) is -2.63. The minimum atomic E-state index is -5.10. The maximum absolute atomic E-state index is 12.2. The predicted octanol–water partition coefficient (Wildman–Crippen LogP) is -2.38. The highest BCUT2D eigenvalue weighted by atomic mass is 19.4. The van der Waals surface area contributed by atoms with Crippen LogP contribution < -0.4 is 16.7 Å². The summed E-state index contributed by atoms with van der Waals surface area (Å²) in [4.78, 5) is 26.1. The first-order chi connectivity index (χ1) is 11.6. The fourth-order valence-electron chi connectivity index (χ4n) is 2.23. The van der Waals surface area contributed by atoms with Crippen LogP contribution in [0.2, 0.25) is 0 Å². The zero-order valence-corrected chi connectivity index (χ0v) is 12.5. The van der Waals surface area contributed by atoms with Gasteiger partial charge in [-0.15, -0.1) is 0 Å². The van der Waals surface area contributed by atoms with Gasteiger partial charge in [0.25, 0.3) is 0 Å². The van der Waals surface area contributed by atoms with Crippen molar-refractivity contribution in [1.29, 1.82) is 0 Å². The van der Waals surface area contributed by atoms with Crippen molar-refractivity contribution in [1.82, 2.24) is 14.9 Å². The Hall–Kier alpha value is -2.22. The van der Waals surface area contributed by atoms with Gasteiger partial charge in [0.15, 0.2) is 6.23 Å². The van der Waals surface area contributed by atoms with Crippen LogP contribution >= 0.6 is 0 Å². The molecule has 2 heterocycles. The molecular weight excluding hydrogens is 353 g/mol. The molecule has 0 aliphatic carbocycles. The maximum atomic E-state index is 12.2. The van der Waals surface area contributed by atoms with E-state index in [1.54, 1.807) is 5.32 Å². The molecule has 0 saturated carbocycles. The zero-order valence-electron chi connectivity index (χ0n) is 12.5. The molecule has 6 N–H and O–H groups in total. The number of aromatic nitrogens is 2. The molecule has 0 bridgehead atoms. The molecule has 13 heteroatoms. The summed E-state index contributed by atoms with van der Waals surface area (Å²) >= 11 is 0. The van der Waals surface area contributed by atoms with Crippen LogP contribution in [0.25, 0.3) is 0 Å². The van der Waals surface area contributed by atoms with Crippen LogP contribution in [0.4, 0.5) is 19.0 Å². The third-order valence-corrected chi connectivity index (χ3v) is 3.55. The van der Waals surface area contributed by atoms with Crippen molar-refractivity contribution in [2.75, 3.05) is 12.3 Å². The van der Waals surface area contributed by atoms with E-state index in [0.29, 0.717) is 4.57 Å². The first-order valence-electron chi connectivity index (χ1n) is 6.91. The Morgan fingerprint density at radius 3 is 2.56 bits per heavy atom. The number of hydrogen-bond acceptors (Lipinski definition) is 8. The number of nitrogens with zero attached hydrogens (tertiary/aromatic N) is 2. The minimum absolute atomic E-state index is 0.144. The smallest absolute Gasteiger partial charge is 0.394 e. The number of nitrogens with one attached hydrogen (secondary N) is 1. The number of alkyl halides is 3. The Morgan fingerprint density at radius 2 is 2.04 bits per heavy atom. The Bertz CT molecular complexity index is 709. The van der Waals surface area contributed by atoms with E-state index < -0.39 is 61.3 Å². The first kappa shape index (κ1) is 19.1. The van der Waals surface area contributed by atoms with Crippen LogP contribution in [-0.2, 0) is 16.1 Å². The molecule has 0 radical (unpaired) electrons. The van der Waals surface area contributed by atoms with Crippen molar-refractivity contribution in [2.45, 2.75) is 37.3 Å². The molecule has 1 fully saturated rings. The molecule has 10 nitrogen and oxygen atoms in total. The van der Waals surface area contributed by atoms with Crippen molar-refractivity contribution in [3.05, 3.63) is 22.2 Å². The molecule has 2 unspecified atom stereocenters. The van der Waals surface area contributed by atoms with Crippen LogP contribution in [0.1, 0.15) is 11.8 Å². The van der Waals surface area contributed by atoms with E-state index >= 15 is 0 Å². The number of anilines is 1. The standard InChI is InChI=1S/C12H15F3N4O6/c13-12(14,15)10(23)17-1-4-2-19(11(24)18-8(4)16)9-7(22)6(21)5(3-20)25-9/h2,5-7,9,20-22H,1,3H2,(H,17,23)(H2,16,18,24)/t5-,6?,7?,9-/m1/s1. The van der Waals surface area contributed by atoms with Gasteiger partial charge < -0.3 is 31.1 Å². The van der Waals surface area contributed by atoms with Crippen LogP contribution in [0.15, 0.2) is 11.0 Å². The van der Waals surface area contributed by atoms with Gasteiger partial charge in [-0.1, -0.05) is 0 Å². The van der Waals surface area contributed by atoms with Crippen molar-refractivity contribution >= 4 is 11.7 Å². The van der Waals surface area contributed by atoms with Gasteiger partial charge in [0.2, 0.25) is 0 Å². The number of carbonyl (C=O) groups excluding carboxylic acids is 1. The van der Waals surface area contributed by atoms with E-state index in [4.69, 9.17) is 15.6 Å². The lowest BCUT2D eigenvalue weighted by Gasteiger charge is -2.19. The predicted molar refractivity (Wildman–Crippen MR) is 73.8 cm³/mol. The Balaban J connectivity index is 2.26. The molecular formula is C12H15F3N4O6. The minimum Gasteiger partial charge on any atom is -0.394 e. The molecule has 1 aliphatic heterocycles. The molecule has 4 atom stereocenters. The van der Waals surface area contributed by atoms with Crippen molar-refractivity contribution in [2.24, 2.45) is 0 Å². The normalized spacial score (nSPS) is 26.6. The van der Waals surface area contributed by atoms with Gasteiger partial charge in [-0.05, 0) is 0 Å². The SMILES string of the molecule is Nc1nc(=O)n([C@@H]2O[C@H](CO)C(O)C2O)cc1CNC(=O)C(F)(F)F. The second-order valence-electron chi connectivity index (χ2n) is 5.25. The summed E-state index contributed by atoms with van der Waals surface area (Å²) in [6.07, 6.45) is -9.85. The van der Waals surface area contributed by atoms with Crippen LogP contribution in [-0.4, -0.2) is 61.9 Å². The number of rotatable bonds is 4. The molecule has 1 aliphatic rings. The van der Waals surface area contributed by atoms with Gasteiger partial charge in [0.05, 0.1) is 6.61 Å². The lowest BCUT2D eigenvalue weighted by molar-refractivity contribution is -0.173. The van der Waals surface area contributed by atoms with Crippen LogP contribution in [0.5, 0.6) is 0 Å². The number of aliphatic hydroxyl groups excluding tert-OH is 3. The number of amides is 1. The Kier molecular flexibility index (Phi) is 5.31. The van der Waals surface area contributed by atoms with E-state index in [9.17, 15) is 33.0 Å². The van der Waals surface area contributed by atoms with Crippen molar-refractivity contribution in [3.8, 4) is 0 Å². The number of aliphatic hydroxyl groups is 3. The lowest BCUT2D eigenvalue weighted by atomic mass is 10.1. The number of ether oxygens (including phenoxy) is 1. The average Bonchev–Trinajstić information content (AvgIpc) is 2.81. The zero-order chi connectivity index (χ0) is 18.9. The second-order valence-corrected chi connectivity index (χ2v) is 5.25. The summed E-state index contributed by atoms with van der Waals surface area (Å²) in [6, 6.07) is 0. The summed E-state index contributed by atoms with van der Waals surface area (Å²) in [6.45, 7) is -1.33. The van der Waals surface area contributed by atoms with Gasteiger partial charge in [-0.25, -0.2) is 4.79 Å². The fourth-order valence-corrected chi connectivity index (χ4v) is 2.23. The third-order valence-electron chi connectivity index (χ3n) is 3.55. The summed E-state index contributed by atoms with van der Waals surface area (Å²) < 4.78 is 42.4. The molecule has 0 spiro atoms. The highest BCUT2D eigenvalue weighted by molar-refractivity contribution is 5.81. The van der Waals surface area contributed by atoms with Gasteiger partial charge in [-0.3, -0.25) is 9.36 Å². The van der Waals surface area contributed by atoms with E-state index in [2.05, 4.69) is 4.98 Å². The number of halogens is 3. The van der Waals surface area contributed by atoms with Gasteiger partial charge in [0, 0.05) is 18.3 Å². The molecule has 1 saturated heterocycles. The molecule has 1 amide bonds. The fraction of sp³-hybridized carbons (Fsp3) is 0.583. The number of nitrogens with two attached hydrogens (primary N) is 1. The Labute approximate surface area is 137 Å². The first-order valence-corrected chi connectivity index (χ1v) is 6.91. The largest absolute Gasteiger partial charge is 0.471 e. The molecule has 140 valence electrons. The van der Waals surface area contributed by atoms with Crippen LogP contribution in [0, 0.1) is 0 Å². The van der Waals surface area contributed by atoms with E-state index in [1.165, 1.54) is 0 Å². The monoisotopic (exact) mass is 368 g/mol. The van der Waals surface area contributed by atoms with Crippen molar-refractivity contribution < 1.29 is 38.0 Å².